The number of amides is 2. The summed E-state index contributed by atoms with van der Waals surface area (Å²) in [6.07, 6.45) is 6.89. The molecule has 1 aromatic carbocycles. The second-order valence-corrected chi connectivity index (χ2v) is 5.64. The summed E-state index contributed by atoms with van der Waals surface area (Å²) in [5, 5.41) is 5.66. The Morgan fingerprint density at radius 2 is 1.82 bits per heavy atom. The number of methoxy groups -OCH3 is 1. The van der Waals surface area contributed by atoms with Gasteiger partial charge in [-0.1, -0.05) is 37.8 Å². The van der Waals surface area contributed by atoms with Crippen molar-refractivity contribution in [1.82, 2.24) is 10.6 Å². The van der Waals surface area contributed by atoms with Crippen LogP contribution in [0.3, 0.4) is 0 Å². The second-order valence-electron chi connectivity index (χ2n) is 5.64. The van der Waals surface area contributed by atoms with E-state index < -0.39 is 0 Å². The van der Waals surface area contributed by atoms with Crippen LogP contribution < -0.4 is 15.4 Å². The number of benzene rings is 1. The van der Waals surface area contributed by atoms with Gasteiger partial charge in [-0.25, -0.2) is 0 Å². The first-order chi connectivity index (χ1) is 10.7. The number of hydrogen-bond donors (Lipinski definition) is 2. The molecule has 0 aliphatic heterocycles. The van der Waals surface area contributed by atoms with Crippen LogP contribution in [0.4, 0.5) is 0 Å². The number of rotatable bonds is 5. The molecule has 2 rings (SSSR count). The molecule has 0 aromatic heterocycles. The zero-order chi connectivity index (χ0) is 15.8. The van der Waals surface area contributed by atoms with Crippen molar-refractivity contribution in [3.63, 3.8) is 0 Å². The van der Waals surface area contributed by atoms with Crippen LogP contribution in [0.2, 0.25) is 0 Å². The van der Waals surface area contributed by atoms with E-state index in [4.69, 9.17) is 4.74 Å². The first-order valence-corrected chi connectivity index (χ1v) is 7.91. The second kappa shape index (κ2) is 8.41. The zero-order valence-corrected chi connectivity index (χ0v) is 13.1. The minimum atomic E-state index is -0.298. The van der Waals surface area contributed by atoms with Gasteiger partial charge in [-0.3, -0.25) is 9.59 Å². The van der Waals surface area contributed by atoms with Crippen molar-refractivity contribution in [2.45, 2.75) is 44.6 Å². The molecule has 120 valence electrons. The van der Waals surface area contributed by atoms with Crippen molar-refractivity contribution < 1.29 is 14.3 Å². The Morgan fingerprint density at radius 3 is 2.50 bits per heavy atom. The van der Waals surface area contributed by atoms with Crippen molar-refractivity contribution in [3.05, 3.63) is 29.8 Å². The van der Waals surface area contributed by atoms with Gasteiger partial charge < -0.3 is 15.4 Å². The topological polar surface area (TPSA) is 67.4 Å². The summed E-state index contributed by atoms with van der Waals surface area (Å²) in [6, 6.07) is 7.22. The first-order valence-electron chi connectivity index (χ1n) is 7.91. The smallest absolute Gasteiger partial charge is 0.255 e. The Balaban J connectivity index is 1.81. The Kier molecular flexibility index (Phi) is 6.25. The highest BCUT2D eigenvalue weighted by atomic mass is 16.5. The Morgan fingerprint density at radius 1 is 1.14 bits per heavy atom. The van der Waals surface area contributed by atoms with Crippen LogP contribution in [0.15, 0.2) is 24.3 Å². The molecule has 0 atom stereocenters. The number of carbonyl (C=O) groups is 2. The fourth-order valence-corrected chi connectivity index (χ4v) is 2.79. The van der Waals surface area contributed by atoms with E-state index >= 15 is 0 Å². The van der Waals surface area contributed by atoms with Crippen molar-refractivity contribution in [2.24, 2.45) is 0 Å². The van der Waals surface area contributed by atoms with Gasteiger partial charge in [-0.15, -0.1) is 0 Å². The third-order valence-electron chi connectivity index (χ3n) is 3.98. The maximum atomic E-state index is 12.1. The van der Waals surface area contributed by atoms with Gasteiger partial charge in [0.1, 0.15) is 5.75 Å². The average molecular weight is 304 g/mol. The molecular weight excluding hydrogens is 280 g/mol. The maximum Gasteiger partial charge on any atom is 0.255 e. The molecule has 1 fully saturated rings. The van der Waals surface area contributed by atoms with Gasteiger partial charge in [-0.2, -0.15) is 0 Å². The summed E-state index contributed by atoms with van der Waals surface area (Å²) in [5.41, 5.74) is 0.437. The highest BCUT2D eigenvalue weighted by Crippen LogP contribution is 2.17. The third-order valence-corrected chi connectivity index (χ3v) is 3.98. The van der Waals surface area contributed by atoms with Gasteiger partial charge in [0.25, 0.3) is 5.91 Å². The van der Waals surface area contributed by atoms with Crippen LogP contribution >= 0.6 is 0 Å². The fraction of sp³-hybridized carbons (Fsp3) is 0.529. The zero-order valence-electron chi connectivity index (χ0n) is 13.1. The number of nitrogens with one attached hydrogen (secondary N) is 2. The number of para-hydroxylation sites is 1. The molecule has 0 unspecified atom stereocenters. The molecule has 5 nitrogen and oxygen atoms in total. The SMILES string of the molecule is COc1ccccc1C(=O)NCC(=O)NC1CCCCCC1. The molecule has 0 saturated heterocycles. The van der Waals surface area contributed by atoms with E-state index in [1.165, 1.54) is 32.8 Å². The lowest BCUT2D eigenvalue weighted by atomic mass is 10.1. The number of carbonyl (C=O) groups excluding carboxylic acids is 2. The van der Waals surface area contributed by atoms with Crippen LogP contribution in [-0.2, 0) is 4.79 Å². The Hall–Kier alpha value is -2.04. The van der Waals surface area contributed by atoms with Crippen molar-refractivity contribution >= 4 is 11.8 Å². The van der Waals surface area contributed by atoms with Crippen molar-refractivity contribution in [1.29, 1.82) is 0 Å². The third kappa shape index (κ3) is 4.76. The molecule has 1 saturated carbocycles. The van der Waals surface area contributed by atoms with Gasteiger partial charge in [0, 0.05) is 6.04 Å². The van der Waals surface area contributed by atoms with Crippen LogP contribution in [0, 0.1) is 0 Å². The van der Waals surface area contributed by atoms with E-state index in [2.05, 4.69) is 10.6 Å². The highest BCUT2D eigenvalue weighted by molar-refractivity contribution is 5.98. The minimum Gasteiger partial charge on any atom is -0.496 e. The van der Waals surface area contributed by atoms with Crippen LogP contribution in [0.1, 0.15) is 48.9 Å². The molecule has 1 aliphatic carbocycles. The number of hydrogen-bond acceptors (Lipinski definition) is 3. The van der Waals surface area contributed by atoms with E-state index in [0.717, 1.165) is 12.8 Å². The quantitative estimate of drug-likeness (QED) is 0.820. The summed E-state index contributed by atoms with van der Waals surface area (Å²) in [5.74, 6) is 0.0767. The van der Waals surface area contributed by atoms with Crippen molar-refractivity contribution in [2.75, 3.05) is 13.7 Å². The predicted molar refractivity (Wildman–Crippen MR) is 85.0 cm³/mol. The lowest BCUT2D eigenvalue weighted by Gasteiger charge is -2.16. The molecule has 0 radical (unpaired) electrons. The summed E-state index contributed by atoms with van der Waals surface area (Å²) in [7, 11) is 1.52. The van der Waals surface area contributed by atoms with Crippen LogP contribution in [0.5, 0.6) is 5.75 Å². The molecule has 0 heterocycles. The lowest BCUT2D eigenvalue weighted by Crippen LogP contribution is -2.41. The Labute approximate surface area is 131 Å². The van der Waals surface area contributed by atoms with Crippen LogP contribution in [0.25, 0.3) is 0 Å². The summed E-state index contributed by atoms with van der Waals surface area (Å²) in [4.78, 5) is 24.1. The van der Waals surface area contributed by atoms with E-state index in [-0.39, 0.29) is 24.4 Å². The largest absolute Gasteiger partial charge is 0.496 e. The van der Waals surface area contributed by atoms with E-state index in [9.17, 15) is 9.59 Å². The highest BCUT2D eigenvalue weighted by Gasteiger charge is 2.16. The normalized spacial score (nSPS) is 15.7. The van der Waals surface area contributed by atoms with Gasteiger partial charge in [0.2, 0.25) is 5.91 Å². The molecule has 0 spiro atoms. The summed E-state index contributed by atoms with van der Waals surface area (Å²) in [6.45, 7) is -0.00657. The summed E-state index contributed by atoms with van der Waals surface area (Å²) < 4.78 is 5.15. The lowest BCUT2D eigenvalue weighted by molar-refractivity contribution is -0.120. The van der Waals surface area contributed by atoms with Gasteiger partial charge in [-0.05, 0) is 25.0 Å². The fourth-order valence-electron chi connectivity index (χ4n) is 2.79. The van der Waals surface area contributed by atoms with E-state index in [0.29, 0.717) is 11.3 Å². The first kappa shape index (κ1) is 16.3. The van der Waals surface area contributed by atoms with E-state index in [1.807, 2.05) is 0 Å². The maximum absolute atomic E-state index is 12.1. The van der Waals surface area contributed by atoms with E-state index in [1.54, 1.807) is 24.3 Å². The predicted octanol–water partition coefficient (Wildman–Crippen LogP) is 2.26. The molecule has 1 aromatic rings. The Bertz CT molecular complexity index is 508. The average Bonchev–Trinajstić information content (AvgIpc) is 2.81. The van der Waals surface area contributed by atoms with Gasteiger partial charge in [0.05, 0.1) is 19.2 Å². The van der Waals surface area contributed by atoms with Crippen molar-refractivity contribution in [3.8, 4) is 5.75 Å². The molecule has 5 heteroatoms. The van der Waals surface area contributed by atoms with Gasteiger partial charge in [0.15, 0.2) is 0 Å². The molecule has 2 N–H and O–H groups in total. The van der Waals surface area contributed by atoms with Gasteiger partial charge >= 0.3 is 0 Å². The minimum absolute atomic E-state index is 0.00657. The molecule has 0 bridgehead atoms. The summed E-state index contributed by atoms with van der Waals surface area (Å²) >= 11 is 0. The van der Waals surface area contributed by atoms with Crippen LogP contribution in [-0.4, -0.2) is 31.5 Å². The molecule has 22 heavy (non-hydrogen) atoms. The monoisotopic (exact) mass is 304 g/mol. The molecule has 1 aliphatic rings. The molecular formula is C17H24N2O3. The number of ether oxygens (including phenoxy) is 1. The molecule has 2 amide bonds. The standard InChI is InChI=1S/C17H24N2O3/c1-22-15-11-7-6-10-14(15)17(21)18-12-16(20)19-13-8-4-2-3-5-9-13/h6-7,10-11,13H,2-5,8-9,12H2,1H3,(H,18,21)(H,19,20).